The number of rotatable bonds is 7. The van der Waals surface area contributed by atoms with Gasteiger partial charge in [0.15, 0.2) is 12.0 Å². The summed E-state index contributed by atoms with van der Waals surface area (Å²) < 4.78 is 24.5. The fourth-order valence-corrected chi connectivity index (χ4v) is 2.62. The molecule has 2 atom stereocenters. The molecule has 5 heteroatoms. The molecule has 0 saturated carbocycles. The van der Waals surface area contributed by atoms with Crippen LogP contribution in [0.15, 0.2) is 34.2 Å². The number of benzene rings is 1. The molecule has 0 radical (unpaired) electrons. The fourth-order valence-electron chi connectivity index (χ4n) is 2.21. The van der Waals surface area contributed by atoms with Gasteiger partial charge in [0.25, 0.3) is 0 Å². The lowest BCUT2D eigenvalue weighted by molar-refractivity contribution is 0.0799. The number of hydrogen-bond acceptors (Lipinski definition) is 4. The van der Waals surface area contributed by atoms with Crippen molar-refractivity contribution in [3.63, 3.8) is 0 Å². The van der Waals surface area contributed by atoms with Crippen LogP contribution in [-0.2, 0) is 9.47 Å². The monoisotopic (exact) mass is 311 g/mol. The number of ether oxygens (including phenoxy) is 2. The predicted octanol–water partition coefficient (Wildman–Crippen LogP) is 4.03. The summed E-state index contributed by atoms with van der Waals surface area (Å²) in [5.41, 5.74) is 0.971. The Labute approximate surface area is 129 Å². The van der Waals surface area contributed by atoms with Crippen LogP contribution in [0.3, 0.4) is 0 Å². The van der Waals surface area contributed by atoms with Crippen molar-refractivity contribution in [1.82, 2.24) is 0 Å². The summed E-state index contributed by atoms with van der Waals surface area (Å²) >= 11 is 1.68. The van der Waals surface area contributed by atoms with E-state index in [0.717, 1.165) is 5.56 Å². The lowest BCUT2D eigenvalue weighted by Gasteiger charge is -2.16. The maximum Gasteiger partial charge on any atom is 0.186 e. The molecule has 0 aliphatic carbocycles. The number of thioether (sulfide) groups is 1. The molecule has 1 aliphatic heterocycles. The van der Waals surface area contributed by atoms with E-state index in [0.29, 0.717) is 18.9 Å². The number of halogens is 1. The minimum atomic E-state index is -0.510. The highest BCUT2D eigenvalue weighted by molar-refractivity contribution is 7.98. The van der Waals surface area contributed by atoms with Crippen molar-refractivity contribution in [2.24, 2.45) is 4.99 Å². The standard InChI is InChI=1S/C16H22FNO2S/c1-11(2)19-9-8-15-18-14(10-17)16(20-15)12-4-6-13(21-3)7-5-12/h4-7,11,14,16H,8-10H2,1-3H3/t14-,16-/m1/s1. The van der Waals surface area contributed by atoms with Crippen molar-refractivity contribution >= 4 is 17.7 Å². The third kappa shape index (κ3) is 4.45. The number of aliphatic imine (C=N–C) groups is 1. The largest absolute Gasteiger partial charge is 0.470 e. The van der Waals surface area contributed by atoms with Gasteiger partial charge in [0.2, 0.25) is 0 Å². The maximum atomic E-state index is 13.2. The van der Waals surface area contributed by atoms with E-state index in [1.807, 2.05) is 44.4 Å². The first kappa shape index (κ1) is 16.3. The van der Waals surface area contributed by atoms with Gasteiger partial charge in [-0.3, -0.25) is 0 Å². The first-order valence-corrected chi connectivity index (χ1v) is 8.41. The minimum absolute atomic E-state index is 0.180. The van der Waals surface area contributed by atoms with E-state index in [2.05, 4.69) is 4.99 Å². The van der Waals surface area contributed by atoms with E-state index in [1.165, 1.54) is 4.90 Å². The first-order valence-electron chi connectivity index (χ1n) is 7.19. The summed E-state index contributed by atoms with van der Waals surface area (Å²) in [6.45, 7) is 4.01. The molecule has 0 fully saturated rings. The van der Waals surface area contributed by atoms with Gasteiger partial charge in [-0.05, 0) is 37.8 Å². The average molecular weight is 311 g/mol. The third-order valence-corrected chi connectivity index (χ3v) is 4.04. The molecule has 0 aromatic heterocycles. The van der Waals surface area contributed by atoms with Crippen LogP contribution >= 0.6 is 11.8 Å². The summed E-state index contributed by atoms with van der Waals surface area (Å²) in [5.74, 6) is 0.595. The van der Waals surface area contributed by atoms with Gasteiger partial charge in [0.1, 0.15) is 12.7 Å². The van der Waals surface area contributed by atoms with Crippen LogP contribution in [0.5, 0.6) is 0 Å². The highest BCUT2D eigenvalue weighted by Crippen LogP contribution is 2.31. The van der Waals surface area contributed by atoms with Crippen LogP contribution in [0, 0.1) is 0 Å². The molecule has 0 spiro atoms. The predicted molar refractivity (Wildman–Crippen MR) is 85.0 cm³/mol. The molecular formula is C16H22FNO2S. The Hall–Kier alpha value is -1.07. The van der Waals surface area contributed by atoms with Crippen molar-refractivity contribution in [3.8, 4) is 0 Å². The van der Waals surface area contributed by atoms with Crippen LogP contribution in [0.1, 0.15) is 31.9 Å². The zero-order chi connectivity index (χ0) is 15.2. The number of alkyl halides is 1. The van der Waals surface area contributed by atoms with Crippen LogP contribution in [0.2, 0.25) is 0 Å². The smallest absolute Gasteiger partial charge is 0.186 e. The second-order valence-electron chi connectivity index (χ2n) is 5.23. The summed E-state index contributed by atoms with van der Waals surface area (Å²) in [6, 6.07) is 7.58. The molecule has 0 saturated heterocycles. The van der Waals surface area contributed by atoms with Crippen molar-refractivity contribution in [1.29, 1.82) is 0 Å². The number of hydrogen-bond donors (Lipinski definition) is 0. The molecule has 0 amide bonds. The second kappa shape index (κ2) is 7.80. The van der Waals surface area contributed by atoms with Gasteiger partial charge < -0.3 is 9.47 Å². The van der Waals surface area contributed by atoms with Crippen LogP contribution in [-0.4, -0.2) is 37.6 Å². The van der Waals surface area contributed by atoms with Crippen LogP contribution < -0.4 is 0 Å². The lowest BCUT2D eigenvalue weighted by Crippen LogP contribution is -2.16. The molecule has 2 rings (SSSR count). The van der Waals surface area contributed by atoms with E-state index < -0.39 is 12.7 Å². The Morgan fingerprint density at radius 2 is 2.05 bits per heavy atom. The van der Waals surface area contributed by atoms with Gasteiger partial charge >= 0.3 is 0 Å². The molecule has 1 aliphatic rings. The van der Waals surface area contributed by atoms with E-state index >= 15 is 0 Å². The SMILES string of the molecule is CSc1ccc([C@H]2OC(CCOC(C)C)=N[C@@H]2CF)cc1. The summed E-state index contributed by atoms with van der Waals surface area (Å²) in [5, 5.41) is 0. The molecule has 3 nitrogen and oxygen atoms in total. The van der Waals surface area contributed by atoms with Crippen LogP contribution in [0.25, 0.3) is 0 Å². The van der Waals surface area contributed by atoms with Gasteiger partial charge in [-0.15, -0.1) is 11.8 Å². The van der Waals surface area contributed by atoms with E-state index in [1.54, 1.807) is 11.8 Å². The zero-order valence-electron chi connectivity index (χ0n) is 12.7. The fraction of sp³-hybridized carbons (Fsp3) is 0.562. The summed E-state index contributed by atoms with van der Waals surface area (Å²) in [4.78, 5) is 5.52. The Morgan fingerprint density at radius 3 is 2.62 bits per heavy atom. The van der Waals surface area contributed by atoms with Crippen molar-refractivity contribution in [2.45, 2.75) is 43.4 Å². The molecule has 116 valence electrons. The van der Waals surface area contributed by atoms with Gasteiger partial charge in [-0.2, -0.15) is 0 Å². The molecule has 1 aromatic carbocycles. The minimum Gasteiger partial charge on any atom is -0.470 e. The molecule has 1 heterocycles. The maximum absolute atomic E-state index is 13.2. The molecule has 21 heavy (non-hydrogen) atoms. The highest BCUT2D eigenvalue weighted by Gasteiger charge is 2.32. The summed E-state index contributed by atoms with van der Waals surface area (Å²) in [7, 11) is 0. The van der Waals surface area contributed by atoms with E-state index in [9.17, 15) is 4.39 Å². The molecule has 1 aromatic rings. The Balaban J connectivity index is 1.98. The van der Waals surface area contributed by atoms with E-state index in [4.69, 9.17) is 9.47 Å². The van der Waals surface area contributed by atoms with Gasteiger partial charge in [0, 0.05) is 11.3 Å². The van der Waals surface area contributed by atoms with Gasteiger partial charge in [-0.1, -0.05) is 12.1 Å². The zero-order valence-corrected chi connectivity index (χ0v) is 13.5. The van der Waals surface area contributed by atoms with E-state index in [-0.39, 0.29) is 12.2 Å². The van der Waals surface area contributed by atoms with Crippen LogP contribution in [0.4, 0.5) is 4.39 Å². The van der Waals surface area contributed by atoms with Crippen molar-refractivity contribution in [3.05, 3.63) is 29.8 Å². The van der Waals surface area contributed by atoms with Gasteiger partial charge in [0.05, 0.1) is 12.7 Å². The quantitative estimate of drug-likeness (QED) is 0.712. The molecule has 0 unspecified atom stereocenters. The third-order valence-electron chi connectivity index (χ3n) is 3.29. The first-order chi connectivity index (χ1) is 10.1. The normalized spacial score (nSPS) is 21.5. The molecular weight excluding hydrogens is 289 g/mol. The van der Waals surface area contributed by atoms with Gasteiger partial charge in [-0.25, -0.2) is 9.38 Å². The highest BCUT2D eigenvalue weighted by atomic mass is 32.2. The molecule has 0 bridgehead atoms. The Bertz CT molecular complexity index is 476. The number of nitrogens with zero attached hydrogens (tertiary/aromatic N) is 1. The second-order valence-corrected chi connectivity index (χ2v) is 6.11. The Morgan fingerprint density at radius 1 is 1.33 bits per heavy atom. The van der Waals surface area contributed by atoms with Crippen molar-refractivity contribution < 1.29 is 13.9 Å². The topological polar surface area (TPSA) is 30.8 Å². The van der Waals surface area contributed by atoms with Crippen molar-refractivity contribution in [2.75, 3.05) is 19.5 Å². The average Bonchev–Trinajstić information content (AvgIpc) is 2.90. The lowest BCUT2D eigenvalue weighted by atomic mass is 10.0. The molecule has 0 N–H and O–H groups in total. The Kier molecular flexibility index (Phi) is 6.06. The summed E-state index contributed by atoms with van der Waals surface area (Å²) in [6.07, 6.45) is 2.48.